The van der Waals surface area contributed by atoms with Crippen LogP contribution in [0.15, 0.2) is 48.5 Å². The Balaban J connectivity index is 1.08. The minimum atomic E-state index is -1.09. The number of benzene rings is 2. The fourth-order valence-electron chi connectivity index (χ4n) is 12.0. The summed E-state index contributed by atoms with van der Waals surface area (Å²) in [5.41, 5.74) is 29.7. The minimum absolute atomic E-state index is 0.0179. The number of esters is 1. The highest BCUT2D eigenvalue weighted by Gasteiger charge is 2.30. The number of carboxylic acids is 1. The van der Waals surface area contributed by atoms with E-state index in [0.29, 0.717) is 176 Å². The average molecular weight is 1680 g/mol. The van der Waals surface area contributed by atoms with Crippen molar-refractivity contribution in [3.05, 3.63) is 59.7 Å². The zero-order valence-corrected chi connectivity index (χ0v) is 69.7. The molecule has 4 amide bonds. The van der Waals surface area contributed by atoms with Crippen LogP contribution in [-0.4, -0.2) is 314 Å². The number of hydroxylamine groups is 1. The number of ketones is 3. The van der Waals surface area contributed by atoms with Crippen molar-refractivity contribution in [2.24, 2.45) is 34.8 Å². The van der Waals surface area contributed by atoms with Crippen molar-refractivity contribution < 1.29 is 129 Å². The normalized spacial score (nSPS) is 12.8. The Morgan fingerprint density at radius 3 is 1.13 bits per heavy atom. The predicted molar refractivity (Wildman–Crippen MR) is 436 cm³/mol. The van der Waals surface area contributed by atoms with E-state index in [9.17, 15) is 48.3 Å². The van der Waals surface area contributed by atoms with Gasteiger partial charge in [-0.15, -0.1) is 0 Å². The first-order valence-electron chi connectivity index (χ1n) is 42.1. The van der Waals surface area contributed by atoms with Crippen molar-refractivity contribution in [3.8, 4) is 11.1 Å². The lowest BCUT2D eigenvalue weighted by Gasteiger charge is -2.18. The summed E-state index contributed by atoms with van der Waals surface area (Å²) < 4.78 is 89.0. The molecule has 0 spiro atoms. The lowest BCUT2D eigenvalue weighted by molar-refractivity contribution is -0.144. The van der Waals surface area contributed by atoms with E-state index in [1.165, 1.54) is 22.3 Å². The van der Waals surface area contributed by atoms with Gasteiger partial charge in [0.2, 0.25) is 23.6 Å². The molecule has 0 aliphatic heterocycles. The van der Waals surface area contributed by atoms with Gasteiger partial charge in [-0.2, -0.15) is 0 Å². The summed E-state index contributed by atoms with van der Waals surface area (Å²) in [6.07, 6.45) is 8.49. The van der Waals surface area contributed by atoms with E-state index < -0.39 is 41.7 Å². The standard InChI is InChI=1S/C83H140N8O27/c84-27-9-5-14-66(62-68(92)23-33-103-39-45-109-51-50-108-44-38-102-32-13-22-80(97)117-64-74-72-18-3-1-16-70(72)71-17-2-4-19-73(71)74)81(98)88-31-37-107-43-49-113-53-52-111-47-41-105-35-25-78(95)89-75(20-7-11-29-86)77(94)65-116-59-58-114-55-54-110-46-40-104-34-24-69(93)63-67(15-6-10-28-85)82(99)91-118-61-60-115-57-56-112-48-42-106-36-26-79(96)90-76(83(100)101)21-8-12-30-87/h1-4,16-19,66-67,74-76H,5-15,20-65,84-87H2,(H,88,98)(H,89,95)(H,90,96)(H,91,99)(H,100,101). The van der Waals surface area contributed by atoms with Crippen molar-refractivity contribution >= 4 is 52.9 Å². The molecule has 2 aromatic rings. The van der Waals surface area contributed by atoms with Crippen LogP contribution < -0.4 is 44.4 Å². The molecule has 0 fully saturated rings. The van der Waals surface area contributed by atoms with Gasteiger partial charge in [0.05, 0.1) is 198 Å². The molecule has 4 unspecified atom stereocenters. The number of nitrogens with one attached hydrogen (secondary N) is 4. The number of carboxylic acid groups (broad SMARTS) is 1. The van der Waals surface area contributed by atoms with Gasteiger partial charge >= 0.3 is 11.9 Å². The number of amides is 4. The van der Waals surface area contributed by atoms with Gasteiger partial charge in [-0.1, -0.05) is 61.4 Å². The molecule has 35 nitrogen and oxygen atoms in total. The smallest absolute Gasteiger partial charge is 0.326 e. The van der Waals surface area contributed by atoms with E-state index >= 15 is 0 Å². The third-order valence-electron chi connectivity index (χ3n) is 18.4. The largest absolute Gasteiger partial charge is 0.480 e. The van der Waals surface area contributed by atoms with Crippen LogP contribution in [0, 0.1) is 11.8 Å². The Bertz CT molecular complexity index is 2900. The number of ether oxygens (including phenoxy) is 16. The van der Waals surface area contributed by atoms with Gasteiger partial charge < -0.3 is 120 Å². The van der Waals surface area contributed by atoms with Crippen molar-refractivity contribution in [2.75, 3.05) is 244 Å². The molecule has 2 aromatic carbocycles. The first-order chi connectivity index (χ1) is 57.7. The van der Waals surface area contributed by atoms with Gasteiger partial charge in [-0.25, -0.2) is 10.3 Å². The van der Waals surface area contributed by atoms with Crippen LogP contribution in [0.2, 0.25) is 0 Å². The summed E-state index contributed by atoms with van der Waals surface area (Å²) in [4.78, 5) is 119. The Kier molecular flexibility index (Phi) is 66.5. The highest BCUT2D eigenvalue weighted by molar-refractivity contribution is 5.90. The molecule has 1 aliphatic rings. The third kappa shape index (κ3) is 55.4. The van der Waals surface area contributed by atoms with Crippen LogP contribution in [0.4, 0.5) is 0 Å². The van der Waals surface area contributed by atoms with Crippen LogP contribution in [0.5, 0.6) is 0 Å². The van der Waals surface area contributed by atoms with Crippen LogP contribution in [-0.2, 0) is 124 Å². The third-order valence-corrected chi connectivity index (χ3v) is 18.4. The number of aliphatic carboxylic acids is 1. The van der Waals surface area contributed by atoms with Gasteiger partial charge in [-0.3, -0.25) is 43.2 Å². The number of Topliss-reactive ketones (excluding diaryl/α,β-unsaturated/α-hetero) is 3. The molecule has 0 heterocycles. The highest BCUT2D eigenvalue weighted by atomic mass is 16.7. The quantitative estimate of drug-likeness (QED) is 0.0260. The summed E-state index contributed by atoms with van der Waals surface area (Å²) in [7, 11) is 0. The van der Waals surface area contributed by atoms with Gasteiger partial charge in [0.15, 0.2) is 5.78 Å². The van der Waals surface area contributed by atoms with Crippen molar-refractivity contribution in [2.45, 2.75) is 146 Å². The van der Waals surface area contributed by atoms with Gasteiger partial charge in [0.25, 0.3) is 0 Å². The molecule has 0 saturated carbocycles. The lowest BCUT2D eigenvalue weighted by Crippen LogP contribution is -2.43. The number of carbonyl (C=O) groups excluding carboxylic acids is 8. The molecule has 0 bridgehead atoms. The second kappa shape index (κ2) is 74.3. The monoisotopic (exact) mass is 1680 g/mol. The van der Waals surface area contributed by atoms with Crippen molar-refractivity contribution in [1.29, 1.82) is 0 Å². The van der Waals surface area contributed by atoms with E-state index in [1.54, 1.807) is 0 Å². The Hall–Kier alpha value is -6.53. The van der Waals surface area contributed by atoms with Gasteiger partial charge in [0, 0.05) is 75.9 Å². The molecule has 4 atom stereocenters. The van der Waals surface area contributed by atoms with Crippen LogP contribution >= 0.6 is 0 Å². The molecule has 0 saturated heterocycles. The number of fused-ring (bicyclic) bond motifs is 3. The molecule has 0 radical (unpaired) electrons. The number of unbranched alkanes of at least 4 members (excludes halogenated alkanes) is 4. The summed E-state index contributed by atoms with van der Waals surface area (Å²) >= 11 is 0. The number of hydrogen-bond donors (Lipinski definition) is 9. The van der Waals surface area contributed by atoms with Gasteiger partial charge in [-0.05, 0) is 119 Å². The maximum atomic E-state index is 13.1. The second-order valence-corrected chi connectivity index (χ2v) is 27.8. The van der Waals surface area contributed by atoms with Crippen LogP contribution in [0.25, 0.3) is 11.1 Å². The fraction of sp³-hybridized carbons (Fsp3) is 0.747. The SMILES string of the molecule is NCCCCC(CC(=O)CCOCCOCCOCCOCCCC(=O)OCC1c2ccccc2-c2ccccc21)C(=O)NCCOCCOCCOCCOCCC(=O)NC(CCCCN)C(=O)COCCOCCOCCOCCC(=O)CC(CCCCN)C(=O)NOCCOCCOCCOCCC(=O)NC(CCCCN)C(=O)O. The number of carbonyl (C=O) groups is 9. The fourth-order valence-corrected chi connectivity index (χ4v) is 12.0. The zero-order valence-electron chi connectivity index (χ0n) is 69.7. The summed E-state index contributed by atoms with van der Waals surface area (Å²) in [6.45, 7) is 10.2. The molecule has 13 N–H and O–H groups in total. The second-order valence-electron chi connectivity index (χ2n) is 27.8. The number of nitrogens with two attached hydrogens (primary N) is 4. The van der Waals surface area contributed by atoms with E-state index in [4.69, 9.17) is 104 Å². The topological polar surface area (TPSA) is 483 Å². The maximum Gasteiger partial charge on any atom is 0.326 e. The van der Waals surface area contributed by atoms with Crippen LogP contribution in [0.1, 0.15) is 145 Å². The molecule has 3 rings (SSSR count). The van der Waals surface area contributed by atoms with Crippen molar-refractivity contribution in [3.63, 3.8) is 0 Å². The molecule has 118 heavy (non-hydrogen) atoms. The molecule has 1 aliphatic carbocycles. The van der Waals surface area contributed by atoms with E-state index in [0.717, 1.165) is 12.8 Å². The molecule has 0 aromatic heterocycles. The molecule has 674 valence electrons. The lowest BCUT2D eigenvalue weighted by atomic mass is 9.94. The number of rotatable bonds is 86. The molecule has 35 heteroatoms. The molecular formula is C83H140N8O27. The summed E-state index contributed by atoms with van der Waals surface area (Å²) in [5.74, 6) is -4.21. The Labute approximate surface area is 696 Å². The Morgan fingerprint density at radius 1 is 0.356 bits per heavy atom. The predicted octanol–water partition coefficient (Wildman–Crippen LogP) is 3.39. The highest BCUT2D eigenvalue weighted by Crippen LogP contribution is 2.44. The molecular weight excluding hydrogens is 1540 g/mol. The summed E-state index contributed by atoms with van der Waals surface area (Å²) in [5, 5.41) is 17.5. The first kappa shape index (κ1) is 106. The number of hydrogen-bond acceptors (Lipinski definition) is 30. The zero-order chi connectivity index (χ0) is 85.2. The summed E-state index contributed by atoms with van der Waals surface area (Å²) in [6, 6.07) is 14.8. The van der Waals surface area contributed by atoms with E-state index in [2.05, 4.69) is 45.7 Å². The van der Waals surface area contributed by atoms with Crippen molar-refractivity contribution in [1.82, 2.24) is 21.4 Å². The van der Waals surface area contributed by atoms with E-state index in [-0.39, 0.29) is 225 Å². The maximum absolute atomic E-state index is 13.1. The van der Waals surface area contributed by atoms with Crippen LogP contribution in [0.3, 0.4) is 0 Å². The minimum Gasteiger partial charge on any atom is -0.480 e. The van der Waals surface area contributed by atoms with Gasteiger partial charge in [0.1, 0.15) is 30.8 Å². The first-order valence-corrected chi connectivity index (χ1v) is 42.1. The van der Waals surface area contributed by atoms with E-state index in [1.807, 2.05) is 24.3 Å². The average Bonchev–Trinajstić information content (AvgIpc) is 1.62. The Morgan fingerprint density at radius 2 is 0.703 bits per heavy atom.